The summed E-state index contributed by atoms with van der Waals surface area (Å²) in [5.74, 6) is -0.961. The monoisotopic (exact) mass is 689 g/mol. The molecule has 0 atom stereocenters. The summed E-state index contributed by atoms with van der Waals surface area (Å²) in [5.41, 5.74) is 26.4. The summed E-state index contributed by atoms with van der Waals surface area (Å²) < 4.78 is 27.1. The lowest BCUT2D eigenvalue weighted by molar-refractivity contribution is 0.0697. The first-order valence-electron chi connectivity index (χ1n) is 14.7. The third-order valence-electron chi connectivity index (χ3n) is 7.10. The van der Waals surface area contributed by atoms with Crippen LogP contribution in [0.25, 0.3) is 21.5 Å². The van der Waals surface area contributed by atoms with Crippen LogP contribution in [-0.4, -0.2) is 35.4 Å². The maximum atomic E-state index is 11.9. The number of guanidine groups is 1. The molecule has 252 valence electrons. The molecule has 0 saturated heterocycles. The number of hydrogen-bond donors (Lipinski definition) is 5. The largest absolute Gasteiger partial charge is 0.478 e. The molecule has 0 unspecified atom stereocenters. The van der Waals surface area contributed by atoms with Gasteiger partial charge in [-0.2, -0.15) is 18.6 Å². The number of sulfonamides is 1. The van der Waals surface area contributed by atoms with Crippen LogP contribution in [0.5, 0.6) is 0 Å². The third kappa shape index (κ3) is 8.18. The molecular weight excluding hydrogens is 659 g/mol. The van der Waals surface area contributed by atoms with Crippen LogP contribution in [-0.2, 0) is 10.0 Å². The lowest BCUT2D eigenvalue weighted by atomic mass is 10.1. The minimum absolute atomic E-state index is 0.0585. The number of rotatable bonds is 7. The van der Waals surface area contributed by atoms with Crippen LogP contribution in [0, 0.1) is 13.8 Å². The molecule has 2 heterocycles. The number of aryl methyl sites for hydroxylation is 2. The van der Waals surface area contributed by atoms with E-state index >= 15 is 0 Å². The number of carboxylic acid groups (broad SMARTS) is 1. The topological polar surface area (TPSA) is 263 Å². The zero-order valence-electron chi connectivity index (χ0n) is 26.8. The van der Waals surface area contributed by atoms with Crippen molar-refractivity contribution in [3.05, 3.63) is 114 Å². The molecule has 0 aliphatic heterocycles. The number of nitrogens with zero attached hydrogens (tertiary/aromatic N) is 7. The molecule has 0 aliphatic carbocycles. The van der Waals surface area contributed by atoms with Gasteiger partial charge < -0.3 is 28.0 Å². The molecule has 16 heteroatoms. The number of aromatic carboxylic acids is 1. The minimum atomic E-state index is -3.95. The van der Waals surface area contributed by atoms with Gasteiger partial charge in [0.2, 0.25) is 5.96 Å². The van der Waals surface area contributed by atoms with Crippen LogP contribution in [0.2, 0.25) is 0 Å². The van der Waals surface area contributed by atoms with Crippen LogP contribution in [0.4, 0.5) is 34.4 Å². The Morgan fingerprint density at radius 2 is 1.10 bits per heavy atom. The molecule has 0 aliphatic rings. The molecule has 50 heavy (non-hydrogen) atoms. The van der Waals surface area contributed by atoms with E-state index in [4.69, 9.17) is 28.0 Å². The highest BCUT2D eigenvalue weighted by atomic mass is 32.2. The van der Waals surface area contributed by atoms with E-state index in [0.717, 1.165) is 32.7 Å². The quantitative estimate of drug-likeness (QED) is 0.0669. The summed E-state index contributed by atoms with van der Waals surface area (Å²) in [7, 11) is -3.95. The number of carbonyl (C=O) groups is 1. The molecule has 6 aromatic rings. The Balaban J connectivity index is 0.000000197. The van der Waals surface area contributed by atoms with Gasteiger partial charge in [0.05, 0.1) is 21.8 Å². The summed E-state index contributed by atoms with van der Waals surface area (Å²) in [4.78, 5) is 19.0. The van der Waals surface area contributed by atoms with Crippen molar-refractivity contribution < 1.29 is 18.3 Å². The van der Waals surface area contributed by atoms with Gasteiger partial charge in [0.1, 0.15) is 11.4 Å². The second-order valence-electron chi connectivity index (χ2n) is 10.9. The van der Waals surface area contributed by atoms with E-state index in [1.54, 1.807) is 24.5 Å². The van der Waals surface area contributed by atoms with E-state index in [0.29, 0.717) is 28.6 Å². The smallest absolute Gasteiger partial charge is 0.335 e. The lowest BCUT2D eigenvalue weighted by Gasteiger charge is -2.05. The maximum Gasteiger partial charge on any atom is 0.335 e. The Morgan fingerprint density at radius 3 is 1.52 bits per heavy atom. The van der Waals surface area contributed by atoms with Gasteiger partial charge in [-0.05, 0) is 74.5 Å². The van der Waals surface area contributed by atoms with Crippen LogP contribution < -0.4 is 22.9 Å². The molecule has 0 bridgehead atoms. The number of fused-ring (bicyclic) bond motifs is 2. The Morgan fingerprint density at radius 1 is 0.660 bits per heavy atom. The van der Waals surface area contributed by atoms with Gasteiger partial charge in [0.15, 0.2) is 11.6 Å². The molecule has 15 nitrogen and oxygen atoms in total. The van der Waals surface area contributed by atoms with Gasteiger partial charge in [-0.25, -0.2) is 14.8 Å². The van der Waals surface area contributed by atoms with Crippen molar-refractivity contribution in [1.29, 1.82) is 0 Å². The Bertz CT molecular complexity index is 2420. The Labute approximate surface area is 286 Å². The summed E-state index contributed by atoms with van der Waals surface area (Å²) >= 11 is 0. The predicted octanol–water partition coefficient (Wildman–Crippen LogP) is 6.74. The van der Waals surface area contributed by atoms with Crippen LogP contribution in [0.3, 0.4) is 0 Å². The third-order valence-corrected chi connectivity index (χ3v) is 8.42. The molecule has 0 saturated carbocycles. The number of pyridine rings is 2. The molecule has 4 aromatic carbocycles. The minimum Gasteiger partial charge on any atom is -0.478 e. The van der Waals surface area contributed by atoms with E-state index in [1.807, 2.05) is 50.2 Å². The van der Waals surface area contributed by atoms with E-state index < -0.39 is 22.0 Å². The Hall–Kier alpha value is -6.81. The first-order chi connectivity index (χ1) is 23.8. The van der Waals surface area contributed by atoms with Gasteiger partial charge in [0, 0.05) is 33.9 Å². The van der Waals surface area contributed by atoms with Crippen molar-refractivity contribution in [2.75, 3.05) is 11.5 Å². The molecule has 2 aromatic heterocycles. The number of anilines is 2. The van der Waals surface area contributed by atoms with Gasteiger partial charge in [-0.1, -0.05) is 35.4 Å². The molecule has 0 spiro atoms. The normalized spacial score (nSPS) is 11.5. The molecule has 0 fully saturated rings. The fraction of sp³-hybridized carbons (Fsp3) is 0.0588. The average molecular weight is 690 g/mol. The second-order valence-corrected chi connectivity index (χ2v) is 12.5. The molecule has 9 N–H and O–H groups in total. The predicted molar refractivity (Wildman–Crippen MR) is 193 cm³/mol. The van der Waals surface area contributed by atoms with Crippen molar-refractivity contribution >= 4 is 77.9 Å². The first-order valence-corrected chi connectivity index (χ1v) is 16.2. The Kier molecular flexibility index (Phi) is 10.0. The van der Waals surface area contributed by atoms with Crippen LogP contribution >= 0.6 is 0 Å². The second kappa shape index (κ2) is 14.5. The highest BCUT2D eigenvalue weighted by Gasteiger charge is 2.13. The fourth-order valence-electron chi connectivity index (χ4n) is 4.62. The maximum absolute atomic E-state index is 11.9. The number of nitrogen functional groups attached to an aromatic ring is 2. The number of hydrogen-bond acceptors (Lipinski definition) is 11. The highest BCUT2D eigenvalue weighted by molar-refractivity contribution is 7.90. The van der Waals surface area contributed by atoms with E-state index in [9.17, 15) is 13.2 Å². The summed E-state index contributed by atoms with van der Waals surface area (Å²) in [5, 5.41) is 29.1. The van der Waals surface area contributed by atoms with Crippen molar-refractivity contribution in [1.82, 2.24) is 9.97 Å². The summed E-state index contributed by atoms with van der Waals surface area (Å²) in [6.07, 6.45) is 3.37. The molecule has 0 radical (unpaired) electrons. The molecule has 6 rings (SSSR count). The zero-order valence-corrected chi connectivity index (χ0v) is 27.6. The van der Waals surface area contributed by atoms with E-state index in [1.165, 1.54) is 36.4 Å². The summed E-state index contributed by atoms with van der Waals surface area (Å²) in [6.45, 7) is 3.95. The number of carboxylic acids is 1. The number of aromatic nitrogens is 2. The standard InChI is InChI=1S/C17H17N7O2S.C17H14N4O2/c1-10-2-3-11-9-21-16(18)15(14(11)8-10)23-22-12-4-6-13(7-5-12)27(25,26)24-17(19)20;1-10-2-3-12-9-19-16(18)15(14(12)8-10)21-20-13-6-4-11(5-7-13)17(22)23/h2-9H,1H3,(H2,18,21)(H4,19,20,24);2-9H,1H3,(H2,18,19)(H,22,23). The number of benzene rings is 4. The SMILES string of the molecule is Cc1ccc2cnc(N)c(N=Nc3ccc(C(=O)O)cc3)c2c1.Cc1ccc2cnc(N)c(N=Nc3ccc(S(=O)(=O)N=C(N)N)cc3)c2c1. The zero-order chi connectivity index (χ0) is 36.0. The van der Waals surface area contributed by atoms with Crippen molar-refractivity contribution in [2.24, 2.45) is 36.3 Å². The van der Waals surface area contributed by atoms with Crippen LogP contribution in [0.15, 0.2) is 127 Å². The van der Waals surface area contributed by atoms with Gasteiger partial charge in [0.25, 0.3) is 10.0 Å². The number of nitrogens with two attached hydrogens (primary N) is 4. The summed E-state index contributed by atoms with van der Waals surface area (Å²) in [6, 6.07) is 23.6. The molecular formula is C34H31N11O4S. The van der Waals surface area contributed by atoms with Gasteiger partial charge in [-0.3, -0.25) is 0 Å². The lowest BCUT2D eigenvalue weighted by Crippen LogP contribution is -2.24. The highest BCUT2D eigenvalue weighted by Crippen LogP contribution is 2.34. The van der Waals surface area contributed by atoms with Crippen molar-refractivity contribution in [3.8, 4) is 0 Å². The van der Waals surface area contributed by atoms with Gasteiger partial charge >= 0.3 is 5.97 Å². The number of azo groups is 2. The van der Waals surface area contributed by atoms with E-state index in [2.05, 4.69) is 34.8 Å². The van der Waals surface area contributed by atoms with Gasteiger partial charge in [-0.15, -0.1) is 14.6 Å². The van der Waals surface area contributed by atoms with Crippen LogP contribution in [0.1, 0.15) is 21.5 Å². The first kappa shape index (κ1) is 34.5. The van der Waals surface area contributed by atoms with Crippen molar-refractivity contribution in [3.63, 3.8) is 0 Å². The molecule has 0 amide bonds. The van der Waals surface area contributed by atoms with E-state index in [-0.39, 0.29) is 16.3 Å². The van der Waals surface area contributed by atoms with Crippen molar-refractivity contribution in [2.45, 2.75) is 18.7 Å². The average Bonchev–Trinajstić information content (AvgIpc) is 3.07. The fourth-order valence-corrected chi connectivity index (χ4v) is 5.49.